The number of nitrogens with two attached hydrogens (primary N) is 1. The summed E-state index contributed by atoms with van der Waals surface area (Å²) in [5, 5.41) is 0.606. The maximum atomic E-state index is 12.2. The standard InChI is InChI=1S/C22H32ClNO3/c1-27-22(26)18(14-16-6-3-2-4-7-16)8-5-9-20(25)13-11-17-10-12-19(23)15-21(17)24/h10,12,15-16,18H,2-9,11,13-14,24H2,1H3/t18-/m1/s1. The van der Waals surface area contributed by atoms with Crippen molar-refractivity contribution in [2.75, 3.05) is 12.8 Å². The number of aryl methyl sites for hydroxylation is 1. The number of carbonyl (C=O) groups is 2. The molecule has 0 radical (unpaired) electrons. The number of esters is 1. The second-order valence-electron chi connectivity index (χ2n) is 7.73. The van der Waals surface area contributed by atoms with Gasteiger partial charge in [-0.2, -0.15) is 0 Å². The summed E-state index contributed by atoms with van der Waals surface area (Å²) in [6.07, 6.45) is 10.3. The molecular weight excluding hydrogens is 362 g/mol. The number of carbonyl (C=O) groups excluding carboxylic acids is 2. The van der Waals surface area contributed by atoms with Crippen LogP contribution in [-0.2, 0) is 20.7 Å². The van der Waals surface area contributed by atoms with E-state index in [0.717, 1.165) is 24.8 Å². The summed E-state index contributed by atoms with van der Waals surface area (Å²) in [6, 6.07) is 5.39. The lowest BCUT2D eigenvalue weighted by Crippen LogP contribution is -2.21. The first kappa shape index (κ1) is 21.7. The van der Waals surface area contributed by atoms with Gasteiger partial charge in [-0.3, -0.25) is 9.59 Å². The molecule has 1 aromatic carbocycles. The predicted molar refractivity (Wildman–Crippen MR) is 110 cm³/mol. The molecule has 0 heterocycles. The first-order valence-electron chi connectivity index (χ1n) is 10.1. The topological polar surface area (TPSA) is 69.4 Å². The number of Topliss-reactive ketones (excluding diaryl/α,β-unsaturated/α-hetero) is 1. The number of halogens is 1. The molecule has 150 valence electrons. The van der Waals surface area contributed by atoms with Crippen LogP contribution < -0.4 is 5.73 Å². The van der Waals surface area contributed by atoms with Crippen LogP contribution in [0.25, 0.3) is 0 Å². The molecule has 0 spiro atoms. The second kappa shape index (κ2) is 11.3. The number of methoxy groups -OCH3 is 1. The van der Waals surface area contributed by atoms with Gasteiger partial charge in [0.25, 0.3) is 0 Å². The number of benzene rings is 1. The van der Waals surface area contributed by atoms with Gasteiger partial charge in [-0.15, -0.1) is 0 Å². The van der Waals surface area contributed by atoms with Crippen LogP contribution in [0, 0.1) is 11.8 Å². The maximum Gasteiger partial charge on any atom is 0.308 e. The van der Waals surface area contributed by atoms with Gasteiger partial charge in [0.1, 0.15) is 5.78 Å². The Labute approximate surface area is 167 Å². The summed E-state index contributed by atoms with van der Waals surface area (Å²) >= 11 is 5.90. The summed E-state index contributed by atoms with van der Waals surface area (Å²) in [6.45, 7) is 0. The van der Waals surface area contributed by atoms with Gasteiger partial charge in [-0.25, -0.2) is 0 Å². The van der Waals surface area contributed by atoms with Crippen molar-refractivity contribution in [3.8, 4) is 0 Å². The van der Waals surface area contributed by atoms with E-state index in [-0.39, 0.29) is 17.7 Å². The van der Waals surface area contributed by atoms with E-state index >= 15 is 0 Å². The van der Waals surface area contributed by atoms with Crippen LogP contribution >= 0.6 is 11.6 Å². The number of nitrogen functional groups attached to an aromatic ring is 1. The van der Waals surface area contributed by atoms with Crippen molar-refractivity contribution in [1.29, 1.82) is 0 Å². The molecule has 2 rings (SSSR count). The number of anilines is 1. The number of hydrogen-bond donors (Lipinski definition) is 1. The molecule has 5 heteroatoms. The maximum absolute atomic E-state index is 12.2. The molecule has 1 aromatic rings. The van der Waals surface area contributed by atoms with Gasteiger partial charge < -0.3 is 10.5 Å². The minimum absolute atomic E-state index is 0.0715. The molecule has 1 atom stereocenters. The second-order valence-corrected chi connectivity index (χ2v) is 8.17. The normalized spacial score (nSPS) is 16.1. The van der Waals surface area contributed by atoms with Crippen molar-refractivity contribution < 1.29 is 14.3 Å². The zero-order valence-corrected chi connectivity index (χ0v) is 17.1. The summed E-state index contributed by atoms with van der Waals surface area (Å²) < 4.78 is 4.99. The van der Waals surface area contributed by atoms with E-state index in [2.05, 4.69) is 0 Å². The van der Waals surface area contributed by atoms with Crippen LogP contribution in [-0.4, -0.2) is 18.9 Å². The zero-order valence-electron chi connectivity index (χ0n) is 16.3. The van der Waals surface area contributed by atoms with Gasteiger partial charge in [-0.05, 0) is 49.3 Å². The highest BCUT2D eigenvalue weighted by molar-refractivity contribution is 6.30. The Bertz CT molecular complexity index is 626. The fourth-order valence-corrected chi connectivity index (χ4v) is 4.24. The van der Waals surface area contributed by atoms with Crippen molar-refractivity contribution in [3.63, 3.8) is 0 Å². The van der Waals surface area contributed by atoms with Crippen molar-refractivity contribution >= 4 is 29.0 Å². The summed E-state index contributed by atoms with van der Waals surface area (Å²) in [7, 11) is 1.46. The number of ether oxygens (including phenoxy) is 1. The van der Waals surface area contributed by atoms with E-state index in [1.807, 2.05) is 6.07 Å². The van der Waals surface area contributed by atoms with Gasteiger partial charge in [0, 0.05) is 23.6 Å². The smallest absolute Gasteiger partial charge is 0.308 e. The molecule has 4 nitrogen and oxygen atoms in total. The summed E-state index contributed by atoms with van der Waals surface area (Å²) in [5.41, 5.74) is 7.53. The molecule has 2 N–H and O–H groups in total. The molecule has 0 amide bonds. The van der Waals surface area contributed by atoms with Crippen LogP contribution in [0.2, 0.25) is 5.02 Å². The quantitative estimate of drug-likeness (QED) is 0.429. The van der Waals surface area contributed by atoms with Crippen LogP contribution in [0.1, 0.15) is 69.8 Å². The SMILES string of the molecule is COC(=O)[C@H](CCCC(=O)CCc1ccc(Cl)cc1N)CC1CCCCC1. The lowest BCUT2D eigenvalue weighted by atomic mass is 9.81. The molecule has 0 bridgehead atoms. The Morgan fingerprint density at radius 3 is 2.63 bits per heavy atom. The van der Waals surface area contributed by atoms with Crippen LogP contribution in [0.15, 0.2) is 18.2 Å². The zero-order chi connectivity index (χ0) is 19.6. The molecule has 27 heavy (non-hydrogen) atoms. The fraction of sp³-hybridized carbons (Fsp3) is 0.636. The lowest BCUT2D eigenvalue weighted by Gasteiger charge is -2.25. The first-order valence-corrected chi connectivity index (χ1v) is 10.5. The molecule has 0 aliphatic heterocycles. The van der Waals surface area contributed by atoms with Gasteiger partial charge >= 0.3 is 5.97 Å². The predicted octanol–water partition coefficient (Wildman–Crippen LogP) is 5.35. The van der Waals surface area contributed by atoms with E-state index < -0.39 is 0 Å². The average molecular weight is 394 g/mol. The van der Waals surface area contributed by atoms with E-state index in [0.29, 0.717) is 35.9 Å². The number of hydrogen-bond acceptors (Lipinski definition) is 4. The highest BCUT2D eigenvalue weighted by Crippen LogP contribution is 2.31. The third kappa shape index (κ3) is 7.53. The molecule has 1 saturated carbocycles. The van der Waals surface area contributed by atoms with Crippen LogP contribution in [0.4, 0.5) is 5.69 Å². The highest BCUT2D eigenvalue weighted by Gasteiger charge is 2.24. The highest BCUT2D eigenvalue weighted by atomic mass is 35.5. The molecule has 1 aliphatic rings. The van der Waals surface area contributed by atoms with Crippen molar-refractivity contribution in [2.45, 2.75) is 70.6 Å². The minimum atomic E-state index is -0.123. The largest absolute Gasteiger partial charge is 0.469 e. The van der Waals surface area contributed by atoms with Crippen molar-refractivity contribution in [3.05, 3.63) is 28.8 Å². The molecule has 1 aliphatic carbocycles. The third-order valence-electron chi connectivity index (χ3n) is 5.67. The Balaban J connectivity index is 1.74. The summed E-state index contributed by atoms with van der Waals surface area (Å²) in [4.78, 5) is 24.3. The van der Waals surface area contributed by atoms with Crippen molar-refractivity contribution in [2.24, 2.45) is 11.8 Å². The van der Waals surface area contributed by atoms with Gasteiger partial charge in [0.2, 0.25) is 0 Å². The van der Waals surface area contributed by atoms with E-state index in [1.165, 1.54) is 39.2 Å². The minimum Gasteiger partial charge on any atom is -0.469 e. The molecule has 1 fully saturated rings. The molecular formula is C22H32ClNO3. The Kier molecular flexibility index (Phi) is 9.12. The van der Waals surface area contributed by atoms with Crippen LogP contribution in [0.3, 0.4) is 0 Å². The fourth-order valence-electron chi connectivity index (χ4n) is 4.06. The molecule has 0 unspecified atom stereocenters. The van der Waals surface area contributed by atoms with Gasteiger partial charge in [0.05, 0.1) is 13.0 Å². The third-order valence-corrected chi connectivity index (χ3v) is 5.90. The number of ketones is 1. The Hall–Kier alpha value is -1.55. The average Bonchev–Trinajstić information content (AvgIpc) is 2.66. The summed E-state index contributed by atoms with van der Waals surface area (Å²) in [5.74, 6) is 0.650. The van der Waals surface area contributed by atoms with E-state index in [9.17, 15) is 9.59 Å². The lowest BCUT2D eigenvalue weighted by molar-refractivity contribution is -0.146. The molecule has 0 saturated heterocycles. The number of rotatable bonds is 10. The van der Waals surface area contributed by atoms with Gasteiger partial charge in [0.15, 0.2) is 0 Å². The van der Waals surface area contributed by atoms with E-state index in [4.69, 9.17) is 22.1 Å². The first-order chi connectivity index (χ1) is 13.0. The van der Waals surface area contributed by atoms with Gasteiger partial charge in [-0.1, -0.05) is 49.8 Å². The van der Waals surface area contributed by atoms with Crippen molar-refractivity contribution in [1.82, 2.24) is 0 Å². The van der Waals surface area contributed by atoms with E-state index in [1.54, 1.807) is 12.1 Å². The monoisotopic (exact) mass is 393 g/mol. The Morgan fingerprint density at radius 1 is 1.22 bits per heavy atom. The molecule has 0 aromatic heterocycles. The Morgan fingerprint density at radius 2 is 1.96 bits per heavy atom. The van der Waals surface area contributed by atoms with Crippen LogP contribution in [0.5, 0.6) is 0 Å².